The molecule has 4 heteroatoms. The average molecular weight is 195 g/mol. The molecule has 0 aliphatic carbocycles. The molecule has 0 saturated heterocycles. The van der Waals surface area contributed by atoms with Crippen LogP contribution < -0.4 is 0 Å². The first-order valence-corrected chi connectivity index (χ1v) is 4.34. The van der Waals surface area contributed by atoms with Gasteiger partial charge < -0.3 is 15.3 Å². The van der Waals surface area contributed by atoms with Gasteiger partial charge in [0.2, 0.25) is 0 Å². The number of aliphatic imine (C=N–C) groups is 1. The van der Waals surface area contributed by atoms with Crippen molar-refractivity contribution in [2.75, 3.05) is 6.61 Å². The average Bonchev–Trinajstić information content (AvgIpc) is 2.17. The molecule has 1 rings (SSSR count). The fraction of sp³-hybridized carbons (Fsp3) is 0.300. The van der Waals surface area contributed by atoms with Crippen LogP contribution in [-0.2, 0) is 0 Å². The largest absolute Gasteiger partial charge is 0.507 e. The van der Waals surface area contributed by atoms with Gasteiger partial charge in [-0.15, -0.1) is 0 Å². The molecule has 1 atom stereocenters. The molecule has 1 aromatic rings. The van der Waals surface area contributed by atoms with Crippen LogP contribution in [0.5, 0.6) is 5.75 Å². The topological polar surface area (TPSA) is 73.0 Å². The normalized spacial score (nSPS) is 13.3. The van der Waals surface area contributed by atoms with E-state index in [1.165, 1.54) is 6.21 Å². The Morgan fingerprint density at radius 2 is 2.07 bits per heavy atom. The van der Waals surface area contributed by atoms with Gasteiger partial charge in [-0.25, -0.2) is 0 Å². The van der Waals surface area contributed by atoms with E-state index in [4.69, 9.17) is 10.2 Å². The molecule has 0 saturated carbocycles. The minimum atomic E-state index is -0.917. The third kappa shape index (κ3) is 3.16. The van der Waals surface area contributed by atoms with Crippen molar-refractivity contribution in [3.63, 3.8) is 0 Å². The fourth-order valence-electron chi connectivity index (χ4n) is 0.953. The zero-order valence-corrected chi connectivity index (χ0v) is 7.67. The summed E-state index contributed by atoms with van der Waals surface area (Å²) in [6.45, 7) is -0.112. The van der Waals surface area contributed by atoms with Crippen molar-refractivity contribution in [1.82, 2.24) is 0 Å². The van der Waals surface area contributed by atoms with E-state index in [9.17, 15) is 5.11 Å². The monoisotopic (exact) mass is 195 g/mol. The number of aliphatic hydroxyl groups excluding tert-OH is 2. The van der Waals surface area contributed by atoms with Crippen LogP contribution in [0.3, 0.4) is 0 Å². The van der Waals surface area contributed by atoms with E-state index in [1.807, 2.05) is 0 Å². The van der Waals surface area contributed by atoms with Crippen molar-refractivity contribution in [3.8, 4) is 5.75 Å². The van der Waals surface area contributed by atoms with E-state index in [-0.39, 0.29) is 18.8 Å². The van der Waals surface area contributed by atoms with Crippen molar-refractivity contribution in [3.05, 3.63) is 29.8 Å². The summed E-state index contributed by atoms with van der Waals surface area (Å²) in [5, 5.41) is 27.0. The van der Waals surface area contributed by atoms with Gasteiger partial charge in [0, 0.05) is 24.8 Å². The molecule has 1 aromatic carbocycles. The summed E-state index contributed by atoms with van der Waals surface area (Å²) in [6.07, 6.45) is 0.666. The minimum Gasteiger partial charge on any atom is -0.507 e. The number of phenolic OH excluding ortho intramolecular Hbond substituents is 1. The molecule has 0 fully saturated rings. The summed E-state index contributed by atoms with van der Waals surface area (Å²) in [6, 6.07) is 6.70. The van der Waals surface area contributed by atoms with Crippen LogP contribution in [0.25, 0.3) is 0 Å². The lowest BCUT2D eigenvalue weighted by Crippen LogP contribution is -2.05. The molecule has 1 unspecified atom stereocenters. The van der Waals surface area contributed by atoms with Crippen LogP contribution in [0.4, 0.5) is 0 Å². The highest BCUT2D eigenvalue weighted by Crippen LogP contribution is 2.12. The predicted octanol–water partition coefficient (Wildman–Crippen LogP) is 0.512. The van der Waals surface area contributed by atoms with Crippen molar-refractivity contribution in [2.45, 2.75) is 12.6 Å². The Kier molecular flexibility index (Phi) is 4.10. The number of aromatic hydroxyl groups is 1. The quantitative estimate of drug-likeness (QED) is 0.613. The highest BCUT2D eigenvalue weighted by atomic mass is 16.3. The second-order valence-corrected chi connectivity index (χ2v) is 2.83. The zero-order valence-electron chi connectivity index (χ0n) is 7.67. The summed E-state index contributed by atoms with van der Waals surface area (Å²) >= 11 is 0. The smallest absolute Gasteiger partial charge is 0.147 e. The molecular weight excluding hydrogens is 182 g/mol. The van der Waals surface area contributed by atoms with E-state index in [0.29, 0.717) is 5.56 Å². The summed E-state index contributed by atoms with van der Waals surface area (Å²) in [5.74, 6) is 0.118. The lowest BCUT2D eigenvalue weighted by Gasteiger charge is -2.02. The number of para-hydroxylation sites is 1. The van der Waals surface area contributed by atoms with E-state index in [2.05, 4.69) is 4.99 Å². The van der Waals surface area contributed by atoms with Crippen LogP contribution in [-0.4, -0.2) is 34.4 Å². The molecule has 4 nitrogen and oxygen atoms in total. The summed E-state index contributed by atoms with van der Waals surface area (Å²) in [5.41, 5.74) is 0.546. The third-order valence-corrected chi connectivity index (χ3v) is 1.71. The second-order valence-electron chi connectivity index (χ2n) is 2.83. The van der Waals surface area contributed by atoms with Crippen molar-refractivity contribution in [1.29, 1.82) is 0 Å². The van der Waals surface area contributed by atoms with Crippen LogP contribution in [0, 0.1) is 0 Å². The first-order valence-electron chi connectivity index (χ1n) is 4.34. The SMILES string of the molecule is OCCC(O)N=Cc1ccccc1O. The van der Waals surface area contributed by atoms with E-state index < -0.39 is 6.23 Å². The molecule has 3 N–H and O–H groups in total. The summed E-state index contributed by atoms with van der Waals surface area (Å²) in [7, 11) is 0. The summed E-state index contributed by atoms with van der Waals surface area (Å²) < 4.78 is 0. The summed E-state index contributed by atoms with van der Waals surface area (Å²) in [4.78, 5) is 3.76. The fourth-order valence-corrected chi connectivity index (χ4v) is 0.953. The van der Waals surface area contributed by atoms with Crippen LogP contribution in [0.1, 0.15) is 12.0 Å². The van der Waals surface area contributed by atoms with Gasteiger partial charge in [-0.05, 0) is 12.1 Å². The number of hydrogen-bond acceptors (Lipinski definition) is 4. The Hall–Kier alpha value is -1.39. The lowest BCUT2D eigenvalue weighted by atomic mass is 10.2. The van der Waals surface area contributed by atoms with Crippen molar-refractivity contribution >= 4 is 6.21 Å². The molecule has 0 aliphatic heterocycles. The Labute approximate surface area is 82.2 Å². The molecule has 0 radical (unpaired) electrons. The van der Waals surface area contributed by atoms with Crippen molar-refractivity contribution in [2.24, 2.45) is 4.99 Å². The Morgan fingerprint density at radius 1 is 1.36 bits per heavy atom. The second kappa shape index (κ2) is 5.36. The predicted molar refractivity (Wildman–Crippen MR) is 53.4 cm³/mol. The Morgan fingerprint density at radius 3 is 2.71 bits per heavy atom. The maximum Gasteiger partial charge on any atom is 0.147 e. The number of phenols is 1. The van der Waals surface area contributed by atoms with Gasteiger partial charge in [-0.3, -0.25) is 4.99 Å². The standard InChI is InChI=1S/C10H13NO3/c12-6-5-10(14)11-7-8-3-1-2-4-9(8)13/h1-4,7,10,12-14H,5-6H2. The van der Waals surface area contributed by atoms with Gasteiger partial charge in [-0.2, -0.15) is 0 Å². The third-order valence-electron chi connectivity index (χ3n) is 1.71. The number of benzene rings is 1. The first kappa shape index (κ1) is 10.7. The molecule has 0 bridgehead atoms. The Balaban J connectivity index is 2.64. The van der Waals surface area contributed by atoms with E-state index >= 15 is 0 Å². The molecule has 0 aromatic heterocycles. The molecular formula is C10H13NO3. The molecule has 76 valence electrons. The van der Waals surface area contributed by atoms with Gasteiger partial charge in [0.05, 0.1) is 0 Å². The molecule has 0 heterocycles. The molecule has 0 spiro atoms. The van der Waals surface area contributed by atoms with E-state index in [1.54, 1.807) is 24.3 Å². The van der Waals surface area contributed by atoms with Gasteiger partial charge in [-0.1, -0.05) is 12.1 Å². The van der Waals surface area contributed by atoms with Crippen molar-refractivity contribution < 1.29 is 15.3 Å². The van der Waals surface area contributed by atoms with Gasteiger partial charge >= 0.3 is 0 Å². The number of nitrogens with zero attached hydrogens (tertiary/aromatic N) is 1. The maximum absolute atomic E-state index is 9.33. The molecule has 14 heavy (non-hydrogen) atoms. The van der Waals surface area contributed by atoms with Gasteiger partial charge in [0.1, 0.15) is 12.0 Å². The van der Waals surface area contributed by atoms with Crippen LogP contribution in [0.2, 0.25) is 0 Å². The number of hydrogen-bond donors (Lipinski definition) is 3. The van der Waals surface area contributed by atoms with Crippen LogP contribution in [0.15, 0.2) is 29.3 Å². The minimum absolute atomic E-state index is 0.112. The number of aliphatic hydroxyl groups is 2. The zero-order chi connectivity index (χ0) is 10.4. The van der Waals surface area contributed by atoms with Gasteiger partial charge in [0.25, 0.3) is 0 Å². The van der Waals surface area contributed by atoms with Crippen LogP contribution >= 0.6 is 0 Å². The molecule has 0 aliphatic rings. The number of rotatable bonds is 4. The maximum atomic E-state index is 9.33. The van der Waals surface area contributed by atoms with E-state index in [0.717, 1.165) is 0 Å². The molecule has 0 amide bonds. The van der Waals surface area contributed by atoms with Gasteiger partial charge in [0.15, 0.2) is 0 Å². The Bertz CT molecular complexity index is 312. The highest BCUT2D eigenvalue weighted by molar-refractivity contribution is 5.83. The lowest BCUT2D eigenvalue weighted by molar-refractivity contribution is 0.141. The highest BCUT2D eigenvalue weighted by Gasteiger charge is 1.99. The first-order chi connectivity index (χ1) is 6.74.